The number of ether oxygens (including phenoxy) is 1. The van der Waals surface area contributed by atoms with Crippen LogP contribution in [0.3, 0.4) is 0 Å². The van der Waals surface area contributed by atoms with E-state index < -0.39 is 18.8 Å². The Hall–Kier alpha value is -1.16. The normalized spacial score (nSPS) is 22.5. The molecule has 0 N–H and O–H groups in total. The molecule has 1 heterocycles. The standard InChI is InChI=1S/C17H25O5P/c1-12(23(19)21-16(3,4)17(5,6)22-23)15-9-7-14(8-10-15)11-20-13(2)18/h7-10,12H,11H2,1-6H3. The van der Waals surface area contributed by atoms with Crippen LogP contribution in [-0.4, -0.2) is 17.2 Å². The maximum Gasteiger partial charge on any atom is 0.339 e. The van der Waals surface area contributed by atoms with Gasteiger partial charge in [-0.1, -0.05) is 24.3 Å². The van der Waals surface area contributed by atoms with Crippen LogP contribution < -0.4 is 0 Å². The minimum absolute atomic E-state index is 0.231. The minimum atomic E-state index is -3.26. The van der Waals surface area contributed by atoms with Gasteiger partial charge in [0.05, 0.1) is 5.66 Å². The third-order valence-electron chi connectivity index (χ3n) is 4.54. The van der Waals surface area contributed by atoms with Crippen molar-refractivity contribution < 1.29 is 23.1 Å². The smallest absolute Gasteiger partial charge is 0.339 e. The van der Waals surface area contributed by atoms with E-state index in [1.54, 1.807) is 0 Å². The lowest BCUT2D eigenvalue weighted by Crippen LogP contribution is -2.41. The van der Waals surface area contributed by atoms with Crippen molar-refractivity contribution in [2.24, 2.45) is 0 Å². The minimum Gasteiger partial charge on any atom is -0.461 e. The van der Waals surface area contributed by atoms with E-state index in [0.29, 0.717) is 0 Å². The second-order valence-electron chi connectivity index (χ2n) is 6.94. The second kappa shape index (κ2) is 6.04. The molecule has 6 heteroatoms. The summed E-state index contributed by atoms with van der Waals surface area (Å²) >= 11 is 0. The molecule has 0 spiro atoms. The predicted molar refractivity (Wildman–Crippen MR) is 88.3 cm³/mol. The van der Waals surface area contributed by atoms with Crippen molar-refractivity contribution in [1.82, 2.24) is 0 Å². The average Bonchev–Trinajstić information content (AvgIpc) is 2.60. The van der Waals surface area contributed by atoms with E-state index in [-0.39, 0.29) is 18.2 Å². The molecule has 128 valence electrons. The van der Waals surface area contributed by atoms with Gasteiger partial charge in [0, 0.05) is 6.92 Å². The van der Waals surface area contributed by atoms with Crippen molar-refractivity contribution >= 4 is 13.6 Å². The largest absolute Gasteiger partial charge is 0.461 e. The monoisotopic (exact) mass is 340 g/mol. The van der Waals surface area contributed by atoms with Crippen molar-refractivity contribution in [1.29, 1.82) is 0 Å². The lowest BCUT2D eigenvalue weighted by Gasteiger charge is -2.29. The number of hydrogen-bond acceptors (Lipinski definition) is 5. The van der Waals surface area contributed by atoms with Crippen molar-refractivity contribution in [3.63, 3.8) is 0 Å². The van der Waals surface area contributed by atoms with Gasteiger partial charge in [0.15, 0.2) is 0 Å². The van der Waals surface area contributed by atoms with E-state index >= 15 is 0 Å². The third kappa shape index (κ3) is 3.68. The number of carbonyl (C=O) groups is 1. The Morgan fingerprint density at radius 2 is 1.61 bits per heavy atom. The Balaban J connectivity index is 2.16. The van der Waals surface area contributed by atoms with Crippen molar-refractivity contribution in [3.05, 3.63) is 35.4 Å². The highest BCUT2D eigenvalue weighted by molar-refractivity contribution is 7.54. The van der Waals surface area contributed by atoms with E-state index in [2.05, 4.69) is 0 Å². The Bertz CT molecular complexity index is 613. The van der Waals surface area contributed by atoms with E-state index in [1.165, 1.54) is 6.92 Å². The van der Waals surface area contributed by atoms with Crippen LogP contribution >= 0.6 is 7.60 Å². The van der Waals surface area contributed by atoms with Crippen LogP contribution in [0.1, 0.15) is 58.3 Å². The molecule has 1 atom stereocenters. The zero-order chi connectivity index (χ0) is 17.5. The molecule has 1 aromatic rings. The highest BCUT2D eigenvalue weighted by Gasteiger charge is 2.57. The van der Waals surface area contributed by atoms with E-state index in [1.807, 2.05) is 58.9 Å². The van der Waals surface area contributed by atoms with Crippen LogP contribution in [0.25, 0.3) is 0 Å². The number of benzene rings is 1. The summed E-state index contributed by atoms with van der Waals surface area (Å²) in [5, 5.41) is 0. The van der Waals surface area contributed by atoms with Crippen LogP contribution in [0.4, 0.5) is 0 Å². The molecule has 5 nitrogen and oxygen atoms in total. The molecular weight excluding hydrogens is 315 g/mol. The molecule has 23 heavy (non-hydrogen) atoms. The first-order valence-electron chi connectivity index (χ1n) is 7.70. The van der Waals surface area contributed by atoms with E-state index in [4.69, 9.17) is 13.8 Å². The first kappa shape index (κ1) is 18.2. The highest BCUT2D eigenvalue weighted by atomic mass is 31.2. The summed E-state index contributed by atoms with van der Waals surface area (Å²) < 4.78 is 29.8. The number of rotatable bonds is 4. The van der Waals surface area contributed by atoms with Crippen molar-refractivity contribution in [2.45, 2.75) is 65.0 Å². The molecule has 1 fully saturated rings. The Morgan fingerprint density at radius 3 is 2.04 bits per heavy atom. The second-order valence-corrected chi connectivity index (χ2v) is 9.16. The molecule has 0 aromatic heterocycles. The van der Waals surface area contributed by atoms with Crippen LogP contribution in [0.5, 0.6) is 0 Å². The summed E-state index contributed by atoms with van der Waals surface area (Å²) in [6.07, 6.45) is 0. The lowest BCUT2D eigenvalue weighted by atomic mass is 9.90. The zero-order valence-electron chi connectivity index (χ0n) is 14.6. The molecule has 1 aromatic carbocycles. The lowest BCUT2D eigenvalue weighted by molar-refractivity contribution is -0.142. The first-order valence-corrected chi connectivity index (χ1v) is 9.31. The molecule has 0 saturated carbocycles. The maximum atomic E-state index is 13.1. The topological polar surface area (TPSA) is 61.8 Å². The summed E-state index contributed by atoms with van der Waals surface area (Å²) in [5.41, 5.74) is 0.140. The molecule has 0 aliphatic carbocycles. The molecule has 0 radical (unpaired) electrons. The van der Waals surface area contributed by atoms with Crippen LogP contribution in [0, 0.1) is 0 Å². The SMILES string of the molecule is CC(=O)OCc1ccc(C(C)P2(=O)OC(C)(C)C(C)(C)O2)cc1. The third-order valence-corrected chi connectivity index (χ3v) is 7.21. The maximum absolute atomic E-state index is 13.1. The number of hydrogen-bond donors (Lipinski definition) is 0. The van der Waals surface area contributed by atoms with Gasteiger partial charge in [-0.3, -0.25) is 18.4 Å². The van der Waals surface area contributed by atoms with Gasteiger partial charge in [-0.05, 0) is 45.7 Å². The predicted octanol–water partition coefficient (Wildman–Crippen LogP) is 4.61. The van der Waals surface area contributed by atoms with Crippen LogP contribution in [0.15, 0.2) is 24.3 Å². The number of esters is 1. The quantitative estimate of drug-likeness (QED) is 0.592. The van der Waals surface area contributed by atoms with Gasteiger partial charge in [0.25, 0.3) is 0 Å². The average molecular weight is 340 g/mol. The molecule has 0 bridgehead atoms. The fraction of sp³-hybridized carbons (Fsp3) is 0.588. The summed E-state index contributed by atoms with van der Waals surface area (Å²) in [7, 11) is -3.26. The fourth-order valence-corrected chi connectivity index (χ4v) is 4.90. The Morgan fingerprint density at radius 1 is 1.13 bits per heavy atom. The summed E-state index contributed by atoms with van der Waals surface area (Å²) in [5.74, 6) is -0.316. The highest BCUT2D eigenvalue weighted by Crippen LogP contribution is 2.71. The van der Waals surface area contributed by atoms with Gasteiger partial charge in [0.2, 0.25) is 0 Å². The molecule has 2 rings (SSSR count). The summed E-state index contributed by atoms with van der Waals surface area (Å²) in [6.45, 7) is 11.0. The van der Waals surface area contributed by atoms with Gasteiger partial charge in [-0.15, -0.1) is 0 Å². The van der Waals surface area contributed by atoms with Gasteiger partial charge < -0.3 is 4.74 Å². The molecule has 1 aliphatic rings. The molecule has 1 unspecified atom stereocenters. The van der Waals surface area contributed by atoms with Gasteiger partial charge in [-0.2, -0.15) is 0 Å². The fourth-order valence-electron chi connectivity index (χ4n) is 2.29. The van der Waals surface area contributed by atoms with Crippen LogP contribution in [0.2, 0.25) is 0 Å². The summed E-state index contributed by atoms with van der Waals surface area (Å²) in [6, 6.07) is 7.45. The molecular formula is C17H25O5P. The van der Waals surface area contributed by atoms with Crippen LogP contribution in [-0.2, 0) is 29.8 Å². The Kier molecular flexibility index (Phi) is 4.78. The van der Waals surface area contributed by atoms with Gasteiger partial charge >= 0.3 is 13.6 Å². The van der Waals surface area contributed by atoms with E-state index in [0.717, 1.165) is 11.1 Å². The molecule has 1 saturated heterocycles. The molecule has 1 aliphatic heterocycles. The van der Waals surface area contributed by atoms with Crippen molar-refractivity contribution in [3.8, 4) is 0 Å². The zero-order valence-corrected chi connectivity index (χ0v) is 15.5. The summed E-state index contributed by atoms with van der Waals surface area (Å²) in [4.78, 5) is 10.8. The van der Waals surface area contributed by atoms with Gasteiger partial charge in [-0.25, -0.2) is 0 Å². The Labute approximate surface area is 137 Å². The molecule has 0 amide bonds. The van der Waals surface area contributed by atoms with Crippen molar-refractivity contribution in [2.75, 3.05) is 0 Å². The number of carbonyl (C=O) groups excluding carboxylic acids is 1. The first-order chi connectivity index (χ1) is 10.5. The van der Waals surface area contributed by atoms with E-state index in [9.17, 15) is 9.36 Å². The van der Waals surface area contributed by atoms with Gasteiger partial charge in [0.1, 0.15) is 17.8 Å².